The number of halogens is 2. The lowest BCUT2D eigenvalue weighted by Crippen LogP contribution is -2.28. The van der Waals surface area contributed by atoms with Crippen LogP contribution in [0.25, 0.3) is 10.8 Å². The number of hydrogen-bond donors (Lipinski definition) is 2. The Hall–Kier alpha value is -2.47. The van der Waals surface area contributed by atoms with Gasteiger partial charge in [0.05, 0.1) is 5.69 Å². The van der Waals surface area contributed by atoms with Gasteiger partial charge in [-0.1, -0.05) is 28.1 Å². The van der Waals surface area contributed by atoms with Crippen molar-refractivity contribution in [2.75, 3.05) is 5.32 Å². The zero-order valence-electron chi connectivity index (χ0n) is 12.0. The molecule has 2 aromatic carbocycles. The molecule has 0 aliphatic rings. The van der Waals surface area contributed by atoms with Crippen LogP contribution in [0.2, 0.25) is 0 Å². The van der Waals surface area contributed by atoms with Gasteiger partial charge in [-0.05, 0) is 35.9 Å². The fourth-order valence-electron chi connectivity index (χ4n) is 2.22. The minimum absolute atomic E-state index is 0.298. The molecule has 0 fully saturated rings. The number of nitrogens with zero attached hydrogens (tertiary/aromatic N) is 1. The van der Waals surface area contributed by atoms with E-state index in [9.17, 15) is 9.18 Å². The second-order valence-electron chi connectivity index (χ2n) is 4.95. The number of amides is 2. The van der Waals surface area contributed by atoms with Gasteiger partial charge >= 0.3 is 6.03 Å². The first-order valence-corrected chi connectivity index (χ1v) is 7.74. The van der Waals surface area contributed by atoms with Crippen molar-refractivity contribution in [2.24, 2.45) is 0 Å². The molecule has 6 heteroatoms. The third kappa shape index (κ3) is 3.65. The van der Waals surface area contributed by atoms with E-state index >= 15 is 0 Å². The van der Waals surface area contributed by atoms with Crippen molar-refractivity contribution in [2.45, 2.75) is 6.54 Å². The van der Waals surface area contributed by atoms with Gasteiger partial charge in [0.1, 0.15) is 5.82 Å². The molecule has 4 nitrogen and oxygen atoms in total. The number of fused-ring (bicyclic) bond motifs is 1. The van der Waals surface area contributed by atoms with E-state index in [1.807, 2.05) is 18.2 Å². The Morgan fingerprint density at radius 2 is 1.87 bits per heavy atom. The number of hydrogen-bond acceptors (Lipinski definition) is 2. The first-order chi connectivity index (χ1) is 11.1. The SMILES string of the molecule is O=C(NCc1ccc(F)cc1)Nc1ccc(Br)c2cnccc12. The van der Waals surface area contributed by atoms with Gasteiger partial charge in [0.15, 0.2) is 0 Å². The van der Waals surface area contributed by atoms with Crippen molar-refractivity contribution in [3.05, 3.63) is 70.7 Å². The average molecular weight is 374 g/mol. The van der Waals surface area contributed by atoms with Gasteiger partial charge in [0, 0.05) is 34.2 Å². The van der Waals surface area contributed by atoms with Gasteiger partial charge in [-0.25, -0.2) is 9.18 Å². The maximum Gasteiger partial charge on any atom is 0.319 e. The third-order valence-corrected chi connectivity index (χ3v) is 4.07. The van der Waals surface area contributed by atoms with Gasteiger partial charge in [0.2, 0.25) is 0 Å². The molecule has 0 saturated heterocycles. The van der Waals surface area contributed by atoms with Crippen LogP contribution in [-0.4, -0.2) is 11.0 Å². The highest BCUT2D eigenvalue weighted by Gasteiger charge is 2.07. The zero-order chi connectivity index (χ0) is 16.2. The normalized spacial score (nSPS) is 10.5. The summed E-state index contributed by atoms with van der Waals surface area (Å²) in [6.07, 6.45) is 3.41. The Bertz CT molecular complexity index is 852. The van der Waals surface area contributed by atoms with Crippen LogP contribution in [0.15, 0.2) is 59.3 Å². The maximum atomic E-state index is 12.8. The van der Waals surface area contributed by atoms with E-state index in [2.05, 4.69) is 31.5 Å². The third-order valence-electron chi connectivity index (χ3n) is 3.38. The number of benzene rings is 2. The molecule has 0 aliphatic heterocycles. The number of nitrogens with one attached hydrogen (secondary N) is 2. The van der Waals surface area contributed by atoms with E-state index in [4.69, 9.17) is 0 Å². The van der Waals surface area contributed by atoms with E-state index in [-0.39, 0.29) is 11.8 Å². The molecule has 0 radical (unpaired) electrons. The highest BCUT2D eigenvalue weighted by Crippen LogP contribution is 2.29. The van der Waals surface area contributed by atoms with Crippen LogP contribution in [0.1, 0.15) is 5.56 Å². The molecule has 1 heterocycles. The molecule has 0 spiro atoms. The maximum absolute atomic E-state index is 12.8. The molecule has 0 bridgehead atoms. The minimum Gasteiger partial charge on any atom is -0.334 e. The van der Waals surface area contributed by atoms with Crippen molar-refractivity contribution >= 4 is 38.4 Å². The Kier molecular flexibility index (Phi) is 4.52. The van der Waals surface area contributed by atoms with Gasteiger partial charge in [-0.15, -0.1) is 0 Å². The molecule has 3 rings (SSSR count). The molecule has 3 aromatic rings. The van der Waals surface area contributed by atoms with Crippen molar-refractivity contribution < 1.29 is 9.18 Å². The summed E-state index contributed by atoms with van der Waals surface area (Å²) in [6, 6.07) is 11.2. The summed E-state index contributed by atoms with van der Waals surface area (Å²) in [5, 5.41) is 7.38. The zero-order valence-corrected chi connectivity index (χ0v) is 13.6. The first kappa shape index (κ1) is 15.4. The highest BCUT2D eigenvalue weighted by molar-refractivity contribution is 9.10. The van der Waals surface area contributed by atoms with E-state index in [0.717, 1.165) is 20.8 Å². The summed E-state index contributed by atoms with van der Waals surface area (Å²) >= 11 is 3.47. The summed E-state index contributed by atoms with van der Waals surface area (Å²) in [4.78, 5) is 16.1. The predicted molar refractivity (Wildman–Crippen MR) is 91.7 cm³/mol. The fourth-order valence-corrected chi connectivity index (χ4v) is 2.66. The lowest BCUT2D eigenvalue weighted by atomic mass is 10.1. The second-order valence-corrected chi connectivity index (χ2v) is 5.80. The highest BCUT2D eigenvalue weighted by atomic mass is 79.9. The Balaban J connectivity index is 1.71. The van der Waals surface area contributed by atoms with Crippen LogP contribution >= 0.6 is 15.9 Å². The topological polar surface area (TPSA) is 54.0 Å². The van der Waals surface area contributed by atoms with Crippen LogP contribution in [0.4, 0.5) is 14.9 Å². The van der Waals surface area contributed by atoms with Crippen LogP contribution < -0.4 is 10.6 Å². The lowest BCUT2D eigenvalue weighted by molar-refractivity contribution is 0.252. The van der Waals surface area contributed by atoms with E-state index in [1.165, 1.54) is 12.1 Å². The van der Waals surface area contributed by atoms with Gasteiger partial charge in [-0.3, -0.25) is 4.98 Å². The molecule has 23 heavy (non-hydrogen) atoms. The molecule has 1 aromatic heterocycles. The number of rotatable bonds is 3. The van der Waals surface area contributed by atoms with Crippen molar-refractivity contribution in [3.63, 3.8) is 0 Å². The monoisotopic (exact) mass is 373 g/mol. The predicted octanol–water partition coefficient (Wildman–Crippen LogP) is 4.46. The quantitative estimate of drug-likeness (QED) is 0.711. The lowest BCUT2D eigenvalue weighted by Gasteiger charge is -2.11. The number of anilines is 1. The van der Waals surface area contributed by atoms with Crippen molar-refractivity contribution in [3.8, 4) is 0 Å². The second kappa shape index (κ2) is 6.75. The minimum atomic E-state index is -0.324. The average Bonchev–Trinajstić information content (AvgIpc) is 2.57. The Morgan fingerprint density at radius 3 is 2.65 bits per heavy atom. The molecule has 0 saturated carbocycles. The number of urea groups is 1. The smallest absolute Gasteiger partial charge is 0.319 e. The van der Waals surface area contributed by atoms with Gasteiger partial charge in [-0.2, -0.15) is 0 Å². The Labute approximate surface area is 140 Å². The molecule has 116 valence electrons. The van der Waals surface area contributed by atoms with Crippen LogP contribution in [0, 0.1) is 5.82 Å². The summed E-state index contributed by atoms with van der Waals surface area (Å²) in [5.41, 5.74) is 1.52. The van der Waals surface area contributed by atoms with Crippen molar-refractivity contribution in [1.29, 1.82) is 0 Å². The van der Waals surface area contributed by atoms with Gasteiger partial charge < -0.3 is 10.6 Å². The molecular formula is C17H13BrFN3O. The van der Waals surface area contributed by atoms with E-state index < -0.39 is 0 Å². The summed E-state index contributed by atoms with van der Waals surface area (Å²) < 4.78 is 13.8. The molecule has 2 amide bonds. The standard InChI is InChI=1S/C17H13BrFN3O/c18-15-5-6-16(13-7-8-20-10-14(13)15)22-17(23)21-9-11-1-3-12(19)4-2-11/h1-8,10H,9H2,(H2,21,22,23). The fraction of sp³-hybridized carbons (Fsp3) is 0.0588. The van der Waals surface area contributed by atoms with E-state index in [0.29, 0.717) is 12.2 Å². The largest absolute Gasteiger partial charge is 0.334 e. The number of pyridine rings is 1. The number of aromatic nitrogens is 1. The van der Waals surface area contributed by atoms with Crippen LogP contribution in [-0.2, 0) is 6.54 Å². The summed E-state index contributed by atoms with van der Waals surface area (Å²) in [5.74, 6) is -0.298. The van der Waals surface area contributed by atoms with Crippen LogP contribution in [0.5, 0.6) is 0 Å². The van der Waals surface area contributed by atoms with Crippen LogP contribution in [0.3, 0.4) is 0 Å². The molecule has 0 aliphatic carbocycles. The summed E-state index contributed by atoms with van der Waals surface area (Å²) in [6.45, 7) is 0.322. The van der Waals surface area contributed by atoms with Crippen molar-refractivity contribution in [1.82, 2.24) is 10.3 Å². The number of carbonyl (C=O) groups excluding carboxylic acids is 1. The number of carbonyl (C=O) groups is 1. The first-order valence-electron chi connectivity index (χ1n) is 6.95. The molecule has 2 N–H and O–H groups in total. The van der Waals surface area contributed by atoms with Gasteiger partial charge in [0.25, 0.3) is 0 Å². The van der Waals surface area contributed by atoms with E-state index in [1.54, 1.807) is 24.5 Å². The molecule has 0 unspecified atom stereocenters. The Morgan fingerprint density at radius 1 is 1.09 bits per heavy atom. The molecule has 0 atom stereocenters. The summed E-state index contributed by atoms with van der Waals surface area (Å²) in [7, 11) is 0. The molecular weight excluding hydrogens is 361 g/mol.